The average Bonchev–Trinajstić information content (AvgIpc) is 2.47. The molecule has 0 atom stereocenters. The summed E-state index contributed by atoms with van der Waals surface area (Å²) in [6.45, 7) is 3.89. The number of halogens is 2. The Bertz CT molecular complexity index is 857. The molecule has 11 nitrogen and oxygen atoms in total. The van der Waals surface area contributed by atoms with Crippen LogP contribution in [0.5, 0.6) is 0 Å². The monoisotopic (exact) mass is 540 g/mol. The van der Waals surface area contributed by atoms with E-state index in [9.17, 15) is 4.79 Å². The van der Waals surface area contributed by atoms with Crippen LogP contribution in [0.2, 0.25) is 0 Å². The predicted molar refractivity (Wildman–Crippen MR) is 104 cm³/mol. The minimum atomic E-state index is -4.67. The van der Waals surface area contributed by atoms with E-state index >= 15 is 0 Å². The molecule has 0 bridgehead atoms. The van der Waals surface area contributed by atoms with Crippen molar-refractivity contribution in [3.05, 3.63) is 65.1 Å². The molecule has 0 aromatic carbocycles. The zero-order valence-corrected chi connectivity index (χ0v) is 20.4. The largest absolute Gasteiger partial charge is 1.00 e. The molecule has 0 saturated carbocycles. The molecule has 5 N–H and O–H groups in total. The molecular weight excluding hydrogens is 527 g/mol. The van der Waals surface area contributed by atoms with E-state index in [2.05, 4.69) is 41.8 Å². The summed E-state index contributed by atoms with van der Waals surface area (Å²) in [5.41, 5.74) is 7.45. The van der Waals surface area contributed by atoms with Gasteiger partial charge in [0.2, 0.25) is 5.56 Å². The summed E-state index contributed by atoms with van der Waals surface area (Å²) in [5.74, 6) is 0.549. The summed E-state index contributed by atoms with van der Waals surface area (Å²) < 4.78 is 33.4. The number of aromatic nitrogens is 2. The Morgan fingerprint density at radius 3 is 1.89 bits per heavy atom. The first-order valence-electron chi connectivity index (χ1n) is 6.19. The summed E-state index contributed by atoms with van der Waals surface area (Å²) >= 11 is 6.55. The maximum atomic E-state index is 10.6. The molecule has 0 amide bonds. The van der Waals surface area contributed by atoms with Gasteiger partial charge in [0.05, 0.1) is 0 Å². The van der Waals surface area contributed by atoms with Crippen LogP contribution in [0.4, 0.5) is 5.82 Å². The van der Waals surface area contributed by atoms with Gasteiger partial charge in [-0.05, 0) is 31.0 Å². The van der Waals surface area contributed by atoms with Gasteiger partial charge in [0.15, 0.2) is 0 Å². The molecular formula is C12H15Br2N4NaO7S. The van der Waals surface area contributed by atoms with E-state index in [-0.39, 0.29) is 35.1 Å². The number of aromatic amines is 1. The molecule has 146 valence electrons. The third-order valence-corrected chi connectivity index (χ3v) is 3.83. The molecule has 2 aromatic rings. The van der Waals surface area contributed by atoms with Crippen molar-refractivity contribution in [2.24, 2.45) is 5.34 Å². The summed E-state index contributed by atoms with van der Waals surface area (Å²) in [6, 6.07) is 3.30. The van der Waals surface area contributed by atoms with E-state index in [1.54, 1.807) is 18.5 Å². The number of nitrogens with zero attached hydrogens (tertiary/aromatic N) is 2. The van der Waals surface area contributed by atoms with Crippen molar-refractivity contribution in [3.63, 3.8) is 0 Å². The summed E-state index contributed by atoms with van der Waals surface area (Å²) in [5, 5.41) is 9.00. The molecule has 0 aliphatic heterocycles. The number of rotatable bonds is 0. The van der Waals surface area contributed by atoms with Gasteiger partial charge in [0.25, 0.3) is 0 Å². The van der Waals surface area contributed by atoms with Gasteiger partial charge in [0, 0.05) is 27.4 Å². The molecule has 2 rings (SSSR count). The van der Waals surface area contributed by atoms with Crippen LogP contribution in [-0.2, 0) is 10.4 Å². The van der Waals surface area contributed by atoms with Crippen molar-refractivity contribution in [2.45, 2.75) is 13.8 Å². The number of nitrogens with one attached hydrogen (secondary N) is 1. The SMILES string of the molecule is Cc1c[nH]c(=O)cc1Br.Cc1cnc(N)cc1Br.O=N[O-].O=S(=O)(O)O.[Na+]. The third-order valence-electron chi connectivity index (χ3n) is 2.12. The summed E-state index contributed by atoms with van der Waals surface area (Å²) in [7, 11) is -4.67. The fraction of sp³-hybridized carbons (Fsp3) is 0.167. The number of anilines is 1. The van der Waals surface area contributed by atoms with Gasteiger partial charge in [-0.1, -0.05) is 31.9 Å². The molecule has 0 aliphatic carbocycles. The molecule has 0 unspecified atom stereocenters. The minimum Gasteiger partial charge on any atom is -0.444 e. The molecule has 0 saturated heterocycles. The number of nitrogens with two attached hydrogens (primary N) is 1. The van der Waals surface area contributed by atoms with E-state index in [0.29, 0.717) is 5.82 Å². The predicted octanol–water partition coefficient (Wildman–Crippen LogP) is -0.218. The van der Waals surface area contributed by atoms with Crippen LogP contribution in [0.3, 0.4) is 0 Å². The Hall–Kier alpha value is -0.870. The van der Waals surface area contributed by atoms with Gasteiger partial charge in [-0.2, -0.15) is 8.42 Å². The Labute approximate surface area is 193 Å². The Balaban J connectivity index is -0.000000304. The van der Waals surface area contributed by atoms with Crippen LogP contribution in [0.15, 0.2) is 43.6 Å². The van der Waals surface area contributed by atoms with E-state index in [4.69, 9.17) is 33.4 Å². The molecule has 2 heterocycles. The second-order valence-electron chi connectivity index (χ2n) is 4.21. The maximum absolute atomic E-state index is 10.6. The van der Waals surface area contributed by atoms with E-state index < -0.39 is 10.4 Å². The fourth-order valence-corrected chi connectivity index (χ4v) is 1.69. The van der Waals surface area contributed by atoms with Gasteiger partial charge >= 0.3 is 40.0 Å². The smallest absolute Gasteiger partial charge is 0.444 e. The van der Waals surface area contributed by atoms with Crippen molar-refractivity contribution in [3.8, 4) is 0 Å². The number of pyridine rings is 2. The minimum absolute atomic E-state index is 0. The first kappa shape index (κ1) is 30.8. The zero-order valence-electron chi connectivity index (χ0n) is 14.4. The van der Waals surface area contributed by atoms with E-state index in [0.717, 1.165) is 25.4 Å². The number of H-pyrrole nitrogens is 1. The standard InChI is InChI=1S/C6H7BrN2.C6H6BrNO.HNO2.Na.H2O4S/c1-4-3-9-6(8)2-5(4)7;1-4-3-8-6(9)2-5(4)7;2-1-3;;1-5(2,3)4/h2-3H,1H3,(H2,8,9);2-3H,1H3,(H,8,9);(H,2,3);;(H2,1,2,3,4)/q;;;+1;/p-1. The van der Waals surface area contributed by atoms with Crippen LogP contribution >= 0.6 is 31.9 Å². The average molecular weight is 542 g/mol. The zero-order chi connectivity index (χ0) is 20.9. The molecule has 0 fully saturated rings. The van der Waals surface area contributed by atoms with E-state index in [1.807, 2.05) is 13.8 Å². The summed E-state index contributed by atoms with van der Waals surface area (Å²) in [6.07, 6.45) is 3.41. The number of aryl methyl sites for hydroxylation is 2. The van der Waals surface area contributed by atoms with Crippen molar-refractivity contribution < 1.29 is 47.1 Å². The van der Waals surface area contributed by atoms with Gasteiger partial charge in [0.1, 0.15) is 5.82 Å². The normalized spacial score (nSPS) is 8.96. The van der Waals surface area contributed by atoms with Crippen LogP contribution in [0.1, 0.15) is 11.1 Å². The van der Waals surface area contributed by atoms with E-state index in [1.165, 1.54) is 6.07 Å². The second kappa shape index (κ2) is 16.1. The molecule has 2 aromatic heterocycles. The van der Waals surface area contributed by atoms with Gasteiger partial charge in [-0.15, -0.1) is 5.34 Å². The topological polar surface area (TPSA) is 199 Å². The molecule has 27 heavy (non-hydrogen) atoms. The fourth-order valence-electron chi connectivity index (χ4n) is 1.03. The van der Waals surface area contributed by atoms with Crippen molar-refractivity contribution in [1.82, 2.24) is 9.97 Å². The van der Waals surface area contributed by atoms with Crippen molar-refractivity contribution >= 4 is 48.1 Å². The van der Waals surface area contributed by atoms with Crippen LogP contribution in [0.25, 0.3) is 0 Å². The Kier molecular flexibility index (Phi) is 18.4. The first-order valence-corrected chi connectivity index (χ1v) is 9.17. The molecule has 15 heteroatoms. The van der Waals surface area contributed by atoms with Gasteiger partial charge < -0.3 is 20.8 Å². The Morgan fingerprint density at radius 1 is 1.19 bits per heavy atom. The van der Waals surface area contributed by atoms with Crippen LogP contribution in [-0.4, -0.2) is 27.5 Å². The number of nitrogen functional groups attached to an aromatic ring is 1. The Morgan fingerprint density at radius 2 is 1.59 bits per heavy atom. The molecule has 0 aliphatic rings. The first-order chi connectivity index (χ1) is 11.8. The second-order valence-corrected chi connectivity index (χ2v) is 6.81. The van der Waals surface area contributed by atoms with Crippen molar-refractivity contribution in [1.29, 1.82) is 0 Å². The van der Waals surface area contributed by atoms with Gasteiger partial charge in [-0.25, -0.2) is 4.98 Å². The molecule has 0 spiro atoms. The maximum Gasteiger partial charge on any atom is 1.00 e. The number of hydrogen-bond acceptors (Lipinski definition) is 8. The number of hydrogen-bond donors (Lipinski definition) is 4. The van der Waals surface area contributed by atoms with Gasteiger partial charge in [-0.3, -0.25) is 13.9 Å². The summed E-state index contributed by atoms with van der Waals surface area (Å²) in [4.78, 5) is 25.0. The quantitative estimate of drug-likeness (QED) is 0.151. The third kappa shape index (κ3) is 21.3. The van der Waals surface area contributed by atoms with Crippen molar-refractivity contribution in [2.75, 3.05) is 5.73 Å². The van der Waals surface area contributed by atoms with Crippen LogP contribution < -0.4 is 40.9 Å². The molecule has 0 radical (unpaired) electrons. The van der Waals surface area contributed by atoms with Crippen LogP contribution in [0, 0.1) is 24.0 Å².